The molecular weight excluding hydrogens is 360 g/mol. The van der Waals surface area contributed by atoms with Gasteiger partial charge in [0.2, 0.25) is 0 Å². The molecule has 6 heteroatoms. The summed E-state index contributed by atoms with van der Waals surface area (Å²) >= 11 is 0. The molecule has 0 aliphatic carbocycles. The molecule has 0 amide bonds. The van der Waals surface area contributed by atoms with Crippen LogP contribution in [0.1, 0.15) is 24.0 Å². The summed E-state index contributed by atoms with van der Waals surface area (Å²) in [7, 11) is 0. The van der Waals surface area contributed by atoms with Crippen LogP contribution in [0.25, 0.3) is 11.2 Å². The van der Waals surface area contributed by atoms with Crippen LogP contribution in [0.4, 0.5) is 5.82 Å². The van der Waals surface area contributed by atoms with Gasteiger partial charge in [-0.3, -0.25) is 0 Å². The van der Waals surface area contributed by atoms with Crippen molar-refractivity contribution in [1.82, 2.24) is 25.0 Å². The number of hydrogen-bond acceptors (Lipinski definition) is 5. The van der Waals surface area contributed by atoms with E-state index < -0.39 is 0 Å². The third kappa shape index (κ3) is 3.83. The van der Waals surface area contributed by atoms with Crippen LogP contribution in [0.2, 0.25) is 0 Å². The van der Waals surface area contributed by atoms with Gasteiger partial charge in [0.25, 0.3) is 0 Å². The van der Waals surface area contributed by atoms with E-state index in [0.717, 1.165) is 42.4 Å². The van der Waals surface area contributed by atoms with Crippen molar-refractivity contribution < 1.29 is 0 Å². The van der Waals surface area contributed by atoms with Crippen molar-refractivity contribution in [2.24, 2.45) is 5.92 Å². The SMILES string of the molecule is c1ccc(CC2CCN(c3ncnc4c3nnn4Cc3ccccc3)CC2)cc1. The number of nitrogens with zero attached hydrogens (tertiary/aromatic N) is 6. The lowest BCUT2D eigenvalue weighted by Gasteiger charge is -2.32. The fourth-order valence-electron chi connectivity index (χ4n) is 4.17. The summed E-state index contributed by atoms with van der Waals surface area (Å²) in [4.78, 5) is 11.4. The van der Waals surface area contributed by atoms with Crippen LogP contribution in [-0.4, -0.2) is 38.1 Å². The molecule has 1 aliphatic heterocycles. The first kappa shape index (κ1) is 17.8. The number of fused-ring (bicyclic) bond motifs is 1. The minimum atomic E-state index is 0.660. The van der Waals surface area contributed by atoms with E-state index in [1.807, 2.05) is 22.9 Å². The van der Waals surface area contributed by atoms with Crippen LogP contribution in [0.5, 0.6) is 0 Å². The Bertz CT molecular complexity index is 1070. The number of piperidine rings is 1. The first-order chi connectivity index (χ1) is 14.4. The molecular formula is C23H24N6. The van der Waals surface area contributed by atoms with Gasteiger partial charge in [0.15, 0.2) is 17.0 Å². The molecule has 1 saturated heterocycles. The van der Waals surface area contributed by atoms with Crippen molar-refractivity contribution in [1.29, 1.82) is 0 Å². The highest BCUT2D eigenvalue weighted by atomic mass is 15.4. The Kier molecular flexibility index (Phi) is 4.90. The zero-order chi connectivity index (χ0) is 19.5. The molecule has 3 heterocycles. The molecule has 0 radical (unpaired) electrons. The second-order valence-electron chi connectivity index (χ2n) is 7.72. The number of aromatic nitrogens is 5. The summed E-state index contributed by atoms with van der Waals surface area (Å²) in [6.45, 7) is 2.65. The maximum atomic E-state index is 4.56. The van der Waals surface area contributed by atoms with E-state index in [9.17, 15) is 0 Å². The van der Waals surface area contributed by atoms with Gasteiger partial charge in [-0.25, -0.2) is 14.6 Å². The maximum absolute atomic E-state index is 4.56. The molecule has 0 N–H and O–H groups in total. The van der Waals surface area contributed by atoms with Crippen molar-refractivity contribution in [3.63, 3.8) is 0 Å². The first-order valence-electron chi connectivity index (χ1n) is 10.2. The summed E-state index contributed by atoms with van der Waals surface area (Å²) < 4.78 is 1.86. The molecule has 1 aliphatic rings. The monoisotopic (exact) mass is 384 g/mol. The first-order valence-corrected chi connectivity index (χ1v) is 10.2. The van der Waals surface area contributed by atoms with E-state index in [1.54, 1.807) is 6.33 Å². The van der Waals surface area contributed by atoms with Crippen LogP contribution in [0.3, 0.4) is 0 Å². The summed E-state index contributed by atoms with van der Waals surface area (Å²) in [6, 6.07) is 21.1. The van der Waals surface area contributed by atoms with Crippen molar-refractivity contribution in [2.45, 2.75) is 25.8 Å². The lowest BCUT2D eigenvalue weighted by Crippen LogP contribution is -2.35. The van der Waals surface area contributed by atoms with Crippen LogP contribution in [-0.2, 0) is 13.0 Å². The number of benzene rings is 2. The third-order valence-electron chi connectivity index (χ3n) is 5.74. The predicted octanol–water partition coefficient (Wildman–Crippen LogP) is 3.73. The summed E-state index contributed by atoms with van der Waals surface area (Å²) in [5.41, 5.74) is 4.20. The molecule has 0 spiro atoms. The Morgan fingerprint density at radius 1 is 0.828 bits per heavy atom. The average Bonchev–Trinajstić information content (AvgIpc) is 3.19. The van der Waals surface area contributed by atoms with E-state index in [1.165, 1.54) is 24.0 Å². The molecule has 4 aromatic rings. The van der Waals surface area contributed by atoms with Gasteiger partial charge in [-0.15, -0.1) is 5.10 Å². The van der Waals surface area contributed by atoms with Crippen molar-refractivity contribution in [3.8, 4) is 0 Å². The van der Waals surface area contributed by atoms with Gasteiger partial charge in [0, 0.05) is 13.1 Å². The third-order valence-corrected chi connectivity index (χ3v) is 5.74. The molecule has 0 unspecified atom stereocenters. The second kappa shape index (κ2) is 7.99. The number of anilines is 1. The molecule has 0 bridgehead atoms. The molecule has 29 heavy (non-hydrogen) atoms. The maximum Gasteiger partial charge on any atom is 0.184 e. The number of hydrogen-bond donors (Lipinski definition) is 0. The summed E-state index contributed by atoms with van der Waals surface area (Å²) in [6.07, 6.45) is 5.12. The smallest absolute Gasteiger partial charge is 0.184 e. The summed E-state index contributed by atoms with van der Waals surface area (Å²) in [5.74, 6) is 1.63. The zero-order valence-corrected chi connectivity index (χ0v) is 16.4. The molecule has 146 valence electrons. The van der Waals surface area contributed by atoms with Gasteiger partial charge in [-0.05, 0) is 36.3 Å². The highest BCUT2D eigenvalue weighted by molar-refractivity contribution is 5.82. The highest BCUT2D eigenvalue weighted by Gasteiger charge is 2.23. The average molecular weight is 384 g/mol. The molecule has 1 fully saturated rings. The molecule has 5 rings (SSSR count). The van der Waals surface area contributed by atoms with E-state index in [4.69, 9.17) is 0 Å². The van der Waals surface area contributed by atoms with Gasteiger partial charge in [0.05, 0.1) is 6.54 Å². The van der Waals surface area contributed by atoms with Crippen molar-refractivity contribution >= 4 is 17.0 Å². The largest absolute Gasteiger partial charge is 0.355 e. The van der Waals surface area contributed by atoms with Gasteiger partial charge in [-0.1, -0.05) is 65.9 Å². The topological polar surface area (TPSA) is 59.7 Å². The minimum Gasteiger partial charge on any atom is -0.355 e. The quantitative estimate of drug-likeness (QED) is 0.525. The Morgan fingerprint density at radius 2 is 1.52 bits per heavy atom. The highest BCUT2D eigenvalue weighted by Crippen LogP contribution is 2.28. The fraction of sp³-hybridized carbons (Fsp3) is 0.304. The van der Waals surface area contributed by atoms with E-state index in [-0.39, 0.29) is 0 Å². The van der Waals surface area contributed by atoms with Crippen LogP contribution in [0.15, 0.2) is 67.0 Å². The molecule has 2 aromatic heterocycles. The second-order valence-corrected chi connectivity index (χ2v) is 7.72. The Balaban J connectivity index is 1.31. The molecule has 6 nitrogen and oxygen atoms in total. The lowest BCUT2D eigenvalue weighted by molar-refractivity contribution is 0.402. The Labute approximate surface area is 170 Å². The van der Waals surface area contributed by atoms with Crippen LogP contribution >= 0.6 is 0 Å². The van der Waals surface area contributed by atoms with E-state index in [0.29, 0.717) is 6.54 Å². The molecule has 0 atom stereocenters. The zero-order valence-electron chi connectivity index (χ0n) is 16.4. The van der Waals surface area contributed by atoms with Gasteiger partial charge in [-0.2, -0.15) is 0 Å². The van der Waals surface area contributed by atoms with Gasteiger partial charge < -0.3 is 4.90 Å². The Hall–Kier alpha value is -3.28. The van der Waals surface area contributed by atoms with Crippen molar-refractivity contribution in [2.75, 3.05) is 18.0 Å². The van der Waals surface area contributed by atoms with Crippen LogP contribution in [0, 0.1) is 5.92 Å². The normalized spacial score (nSPS) is 15.1. The Morgan fingerprint density at radius 3 is 2.24 bits per heavy atom. The van der Waals surface area contributed by atoms with Gasteiger partial charge in [0.1, 0.15) is 6.33 Å². The summed E-state index contributed by atoms with van der Waals surface area (Å²) in [5, 5.41) is 8.78. The number of rotatable bonds is 5. The molecule has 0 saturated carbocycles. The lowest BCUT2D eigenvalue weighted by atomic mass is 9.90. The standard InChI is InChI=1S/C23H24N6/c1-3-7-18(8-4-1)15-19-11-13-28(14-12-19)22-21-23(25-17-24-22)29(27-26-21)16-20-9-5-2-6-10-20/h1-10,17,19H,11-16H2. The molecule has 2 aromatic carbocycles. The predicted molar refractivity (Wildman–Crippen MR) is 114 cm³/mol. The van der Waals surface area contributed by atoms with Crippen LogP contribution < -0.4 is 4.90 Å². The van der Waals surface area contributed by atoms with E-state index >= 15 is 0 Å². The fourth-order valence-corrected chi connectivity index (χ4v) is 4.17. The van der Waals surface area contributed by atoms with Gasteiger partial charge >= 0.3 is 0 Å². The van der Waals surface area contributed by atoms with E-state index in [2.05, 4.69) is 67.6 Å². The minimum absolute atomic E-state index is 0.660. The van der Waals surface area contributed by atoms with Crippen molar-refractivity contribution in [3.05, 3.63) is 78.1 Å².